The molecule has 7 heteroatoms. The molecule has 1 N–H and O–H groups in total. The molecule has 1 aliphatic heterocycles. The second-order valence-electron chi connectivity index (χ2n) is 6.86. The number of nitrogens with zero attached hydrogens (tertiary/aromatic N) is 1. The highest BCUT2D eigenvalue weighted by molar-refractivity contribution is 5.84. The molecule has 2 aromatic carbocycles. The average Bonchev–Trinajstić information content (AvgIpc) is 2.76. The van der Waals surface area contributed by atoms with Crippen molar-refractivity contribution in [2.45, 2.75) is 25.4 Å². The van der Waals surface area contributed by atoms with Gasteiger partial charge in [0, 0.05) is 6.54 Å². The van der Waals surface area contributed by atoms with Gasteiger partial charge >= 0.3 is 12.0 Å². The van der Waals surface area contributed by atoms with Crippen LogP contribution in [0.1, 0.15) is 29.7 Å². The molecule has 0 aliphatic carbocycles. The Labute approximate surface area is 170 Å². The average molecular weight is 398 g/mol. The number of fused-ring (bicyclic) bond motifs is 1. The van der Waals surface area contributed by atoms with Gasteiger partial charge in [-0.15, -0.1) is 0 Å². The molecule has 1 heterocycles. The maximum atomic E-state index is 13.1. The van der Waals surface area contributed by atoms with Crippen molar-refractivity contribution in [2.75, 3.05) is 27.9 Å². The number of amides is 2. The van der Waals surface area contributed by atoms with E-state index in [4.69, 9.17) is 14.2 Å². The summed E-state index contributed by atoms with van der Waals surface area (Å²) in [6, 6.07) is 12.3. The number of nitrogens with one attached hydrogen (secondary N) is 1. The van der Waals surface area contributed by atoms with Gasteiger partial charge in [-0.3, -0.25) is 0 Å². The van der Waals surface area contributed by atoms with E-state index in [1.165, 1.54) is 7.11 Å². The quantitative estimate of drug-likeness (QED) is 0.784. The van der Waals surface area contributed by atoms with Crippen LogP contribution in [0.5, 0.6) is 11.5 Å². The van der Waals surface area contributed by atoms with Crippen molar-refractivity contribution in [1.29, 1.82) is 0 Å². The molecular weight excluding hydrogens is 372 g/mol. The van der Waals surface area contributed by atoms with Gasteiger partial charge in [-0.25, -0.2) is 9.59 Å². The van der Waals surface area contributed by atoms with Crippen LogP contribution in [0.25, 0.3) is 0 Å². The summed E-state index contributed by atoms with van der Waals surface area (Å²) in [4.78, 5) is 26.5. The van der Waals surface area contributed by atoms with E-state index in [0.29, 0.717) is 24.5 Å². The summed E-state index contributed by atoms with van der Waals surface area (Å²) in [6.45, 7) is 2.11. The van der Waals surface area contributed by atoms with Gasteiger partial charge < -0.3 is 24.4 Å². The van der Waals surface area contributed by atoms with Gasteiger partial charge in [0.25, 0.3) is 0 Å². The molecule has 0 aromatic heterocycles. The second-order valence-corrected chi connectivity index (χ2v) is 6.86. The highest BCUT2D eigenvalue weighted by atomic mass is 16.5. The summed E-state index contributed by atoms with van der Waals surface area (Å²) in [5.41, 5.74) is 3.05. The Morgan fingerprint density at radius 2 is 1.72 bits per heavy atom. The fourth-order valence-electron chi connectivity index (χ4n) is 3.66. The van der Waals surface area contributed by atoms with Gasteiger partial charge in [-0.2, -0.15) is 0 Å². The van der Waals surface area contributed by atoms with Crippen LogP contribution >= 0.6 is 0 Å². The van der Waals surface area contributed by atoms with Crippen molar-refractivity contribution in [3.05, 3.63) is 59.2 Å². The highest BCUT2D eigenvalue weighted by Crippen LogP contribution is 2.40. The molecule has 0 saturated carbocycles. The van der Waals surface area contributed by atoms with Crippen molar-refractivity contribution in [2.24, 2.45) is 0 Å². The maximum Gasteiger partial charge on any atom is 0.328 e. The van der Waals surface area contributed by atoms with Crippen molar-refractivity contribution >= 4 is 12.0 Å². The second kappa shape index (κ2) is 8.86. The number of carbonyl (C=O) groups is 2. The predicted octanol–water partition coefficient (Wildman–Crippen LogP) is 2.92. The fourth-order valence-corrected chi connectivity index (χ4v) is 3.66. The Morgan fingerprint density at radius 3 is 2.34 bits per heavy atom. The molecule has 2 atom stereocenters. The number of benzene rings is 2. The van der Waals surface area contributed by atoms with Gasteiger partial charge in [-0.1, -0.05) is 30.3 Å². The largest absolute Gasteiger partial charge is 0.493 e. The zero-order valence-corrected chi connectivity index (χ0v) is 17.1. The van der Waals surface area contributed by atoms with Crippen LogP contribution in [0.15, 0.2) is 42.5 Å². The smallest absolute Gasteiger partial charge is 0.328 e. The predicted molar refractivity (Wildman–Crippen MR) is 108 cm³/mol. The minimum absolute atomic E-state index is 0.315. The lowest BCUT2D eigenvalue weighted by Crippen LogP contribution is -2.50. The molecule has 3 rings (SSSR count). The Kier molecular flexibility index (Phi) is 6.26. The number of hydrogen-bond donors (Lipinski definition) is 1. The summed E-state index contributed by atoms with van der Waals surface area (Å²) >= 11 is 0. The standard InChI is InChI=1S/C22H26N2O5/c1-14(21(25)29-4)23-22(26)24-11-10-16-12-18(27-2)19(28-3)13-17(16)20(24)15-8-6-5-7-9-15/h5-9,12-14,20H,10-11H2,1-4H3,(H,23,26)/t14-,20?/m0/s1. The number of carbonyl (C=O) groups excluding carboxylic acids is 2. The van der Waals surface area contributed by atoms with Gasteiger partial charge in [-0.05, 0) is 42.2 Å². The SMILES string of the molecule is COC(=O)[C@H](C)NC(=O)N1CCc2cc(OC)c(OC)cc2C1c1ccccc1. The molecule has 0 bridgehead atoms. The van der Waals surface area contributed by atoms with Crippen molar-refractivity contribution < 1.29 is 23.8 Å². The van der Waals surface area contributed by atoms with Gasteiger partial charge in [0.1, 0.15) is 6.04 Å². The zero-order chi connectivity index (χ0) is 21.0. The first kappa shape index (κ1) is 20.5. The van der Waals surface area contributed by atoms with E-state index in [-0.39, 0.29) is 12.1 Å². The van der Waals surface area contributed by atoms with Crippen LogP contribution in [0.4, 0.5) is 4.79 Å². The molecule has 7 nitrogen and oxygen atoms in total. The summed E-state index contributed by atoms with van der Waals surface area (Å²) in [7, 11) is 4.50. The maximum absolute atomic E-state index is 13.1. The lowest BCUT2D eigenvalue weighted by Gasteiger charge is -2.38. The molecule has 0 radical (unpaired) electrons. The first-order valence-corrected chi connectivity index (χ1v) is 9.44. The third kappa shape index (κ3) is 4.13. The zero-order valence-electron chi connectivity index (χ0n) is 17.1. The van der Waals surface area contributed by atoms with Crippen molar-refractivity contribution in [3.8, 4) is 11.5 Å². The van der Waals surface area contributed by atoms with E-state index < -0.39 is 12.0 Å². The van der Waals surface area contributed by atoms with Crippen LogP contribution in [0.3, 0.4) is 0 Å². The summed E-state index contributed by atoms with van der Waals surface area (Å²) < 4.78 is 15.6. The van der Waals surface area contributed by atoms with Crippen LogP contribution < -0.4 is 14.8 Å². The van der Waals surface area contributed by atoms with Crippen LogP contribution in [-0.4, -0.2) is 50.8 Å². The summed E-state index contributed by atoms with van der Waals surface area (Å²) in [6.07, 6.45) is 0.666. The molecule has 0 fully saturated rings. The van der Waals surface area contributed by atoms with Crippen LogP contribution in [0.2, 0.25) is 0 Å². The number of rotatable bonds is 5. The van der Waals surface area contributed by atoms with Gasteiger partial charge in [0.05, 0.1) is 27.4 Å². The minimum Gasteiger partial charge on any atom is -0.493 e. The van der Waals surface area contributed by atoms with Crippen molar-refractivity contribution in [3.63, 3.8) is 0 Å². The van der Waals surface area contributed by atoms with E-state index in [9.17, 15) is 9.59 Å². The van der Waals surface area contributed by atoms with Crippen LogP contribution in [-0.2, 0) is 16.0 Å². The molecule has 2 amide bonds. The summed E-state index contributed by atoms with van der Waals surface area (Å²) in [5, 5.41) is 2.74. The molecule has 29 heavy (non-hydrogen) atoms. The molecular formula is C22H26N2O5. The molecule has 0 saturated heterocycles. The van der Waals surface area contributed by atoms with Crippen molar-refractivity contribution in [1.82, 2.24) is 10.2 Å². The molecule has 1 aliphatic rings. The van der Waals surface area contributed by atoms with E-state index in [2.05, 4.69) is 5.32 Å². The first-order valence-electron chi connectivity index (χ1n) is 9.44. The lowest BCUT2D eigenvalue weighted by molar-refractivity contribution is -0.142. The van der Waals surface area contributed by atoms with E-state index in [1.807, 2.05) is 42.5 Å². The number of urea groups is 1. The number of ether oxygens (including phenoxy) is 3. The number of esters is 1. The van der Waals surface area contributed by atoms with Crippen LogP contribution in [0, 0.1) is 0 Å². The van der Waals surface area contributed by atoms with Gasteiger partial charge in [0.2, 0.25) is 0 Å². The number of hydrogen-bond acceptors (Lipinski definition) is 5. The Morgan fingerprint density at radius 1 is 1.07 bits per heavy atom. The Hall–Kier alpha value is -3.22. The molecule has 2 aromatic rings. The minimum atomic E-state index is -0.740. The molecule has 154 valence electrons. The Balaban J connectivity index is 2.03. The van der Waals surface area contributed by atoms with E-state index in [0.717, 1.165) is 16.7 Å². The van der Waals surface area contributed by atoms with E-state index in [1.54, 1.807) is 26.0 Å². The topological polar surface area (TPSA) is 77.1 Å². The third-order valence-electron chi connectivity index (χ3n) is 5.14. The fraction of sp³-hybridized carbons (Fsp3) is 0.364. The first-order chi connectivity index (χ1) is 14.0. The lowest BCUT2D eigenvalue weighted by atomic mass is 9.88. The monoisotopic (exact) mass is 398 g/mol. The molecule has 0 spiro atoms. The normalized spacial score (nSPS) is 16.4. The van der Waals surface area contributed by atoms with Gasteiger partial charge in [0.15, 0.2) is 11.5 Å². The number of methoxy groups -OCH3 is 3. The highest BCUT2D eigenvalue weighted by Gasteiger charge is 2.34. The van der Waals surface area contributed by atoms with E-state index >= 15 is 0 Å². The Bertz CT molecular complexity index is 884. The third-order valence-corrected chi connectivity index (χ3v) is 5.14. The molecule has 1 unspecified atom stereocenters. The summed E-state index contributed by atoms with van der Waals surface area (Å²) in [5.74, 6) is 0.783.